The van der Waals surface area contributed by atoms with E-state index < -0.39 is 11.2 Å². The second kappa shape index (κ2) is 16.4. The Hall–Kier alpha value is -2.47. The van der Waals surface area contributed by atoms with Gasteiger partial charge in [-0.3, -0.25) is 4.79 Å². The van der Waals surface area contributed by atoms with Crippen LogP contribution in [0.25, 0.3) is 0 Å². The number of amides is 2. The predicted molar refractivity (Wildman–Crippen MR) is 158 cm³/mol. The molecule has 2 amide bonds. The Kier molecular flexibility index (Phi) is 13.6. The number of nitrogens with zero attached hydrogens (tertiary/aromatic N) is 1. The highest BCUT2D eigenvalue weighted by atomic mass is 32.2. The zero-order valence-corrected chi connectivity index (χ0v) is 24.2. The molecule has 0 aliphatic carbocycles. The number of unbranched alkanes of at least 4 members (excludes halogenated alkanes) is 4. The van der Waals surface area contributed by atoms with Crippen molar-refractivity contribution in [2.24, 2.45) is 0 Å². The van der Waals surface area contributed by atoms with Crippen molar-refractivity contribution in [2.45, 2.75) is 96.0 Å². The van der Waals surface area contributed by atoms with Gasteiger partial charge in [0.1, 0.15) is 5.25 Å². The summed E-state index contributed by atoms with van der Waals surface area (Å²) in [5.41, 5.74) is 4.26. The van der Waals surface area contributed by atoms with Crippen molar-refractivity contribution in [1.29, 1.82) is 0 Å². The highest BCUT2D eigenvalue weighted by Crippen LogP contribution is 2.22. The summed E-state index contributed by atoms with van der Waals surface area (Å²) in [6.45, 7) is 12.0. The molecule has 204 valence electrons. The van der Waals surface area contributed by atoms with Gasteiger partial charge in [0.15, 0.2) is 0 Å². The van der Waals surface area contributed by atoms with Crippen LogP contribution in [0.15, 0.2) is 48.5 Å². The summed E-state index contributed by atoms with van der Waals surface area (Å²) in [5.74, 6) is -0.304. The molecule has 2 aromatic carbocycles. The maximum Gasteiger partial charge on any atom is 0.321 e. The van der Waals surface area contributed by atoms with Crippen molar-refractivity contribution in [2.75, 3.05) is 18.4 Å². The number of carboxylic acid groups (broad SMARTS) is 1. The van der Waals surface area contributed by atoms with E-state index in [0.717, 1.165) is 42.6 Å². The number of anilines is 1. The average Bonchev–Trinajstić information content (AvgIpc) is 2.86. The Labute approximate surface area is 228 Å². The van der Waals surface area contributed by atoms with Crippen LogP contribution in [0.2, 0.25) is 0 Å². The van der Waals surface area contributed by atoms with Crippen molar-refractivity contribution < 1.29 is 14.7 Å². The Balaban J connectivity index is 1.99. The summed E-state index contributed by atoms with van der Waals surface area (Å²) in [4.78, 5) is 26.7. The first-order chi connectivity index (χ1) is 17.7. The number of carbonyl (C=O) groups is 2. The molecule has 0 aromatic heterocycles. The fraction of sp³-hybridized carbons (Fsp3) is 0.548. The van der Waals surface area contributed by atoms with Gasteiger partial charge in [-0.15, -0.1) is 11.8 Å². The van der Waals surface area contributed by atoms with Crippen molar-refractivity contribution in [3.05, 3.63) is 65.2 Å². The van der Waals surface area contributed by atoms with Crippen molar-refractivity contribution in [1.82, 2.24) is 4.90 Å². The summed E-state index contributed by atoms with van der Waals surface area (Å²) in [6, 6.07) is 16.2. The number of aliphatic carboxylic acids is 1. The molecular formula is C31H46N2O3S. The summed E-state index contributed by atoms with van der Waals surface area (Å²) >= 11 is 1.49. The van der Waals surface area contributed by atoms with Crippen LogP contribution in [0, 0.1) is 0 Å². The number of nitrogens with one attached hydrogen (secondary N) is 1. The Morgan fingerprint density at radius 1 is 0.865 bits per heavy atom. The maximum absolute atomic E-state index is 13.2. The van der Waals surface area contributed by atoms with Gasteiger partial charge in [0.2, 0.25) is 0 Å². The molecule has 0 spiro atoms. The Morgan fingerprint density at radius 3 is 2.05 bits per heavy atom. The molecule has 6 heteroatoms. The standard InChI is InChI=1S/C31H46N2O3S/c1-6-7-8-9-10-20-33(31(36)32-28-17-15-27(16-18-28)23(2)3)21-19-25-11-13-26(14-12-25)22-29(30(34)35)37-24(4)5/h11-18,23-24,29H,6-10,19-22H2,1-5H3,(H,32,36)(H,34,35)/t29-/m0/s1. The van der Waals surface area contributed by atoms with E-state index in [0.29, 0.717) is 18.9 Å². The fourth-order valence-electron chi connectivity index (χ4n) is 4.22. The number of carboxylic acids is 1. The molecule has 0 aliphatic rings. The van der Waals surface area contributed by atoms with Crippen LogP contribution in [0.4, 0.5) is 10.5 Å². The van der Waals surface area contributed by atoms with Crippen molar-refractivity contribution in [3.63, 3.8) is 0 Å². The monoisotopic (exact) mass is 526 g/mol. The average molecular weight is 527 g/mol. The molecule has 0 unspecified atom stereocenters. The molecule has 0 saturated heterocycles. The van der Waals surface area contributed by atoms with E-state index in [-0.39, 0.29) is 11.3 Å². The van der Waals surface area contributed by atoms with Crippen LogP contribution in [0.5, 0.6) is 0 Å². The van der Waals surface area contributed by atoms with Gasteiger partial charge < -0.3 is 15.3 Å². The third-order valence-electron chi connectivity index (χ3n) is 6.47. The molecule has 0 aliphatic heterocycles. The molecule has 1 atom stereocenters. The minimum atomic E-state index is -0.762. The van der Waals surface area contributed by atoms with Gasteiger partial charge in [-0.25, -0.2) is 4.79 Å². The van der Waals surface area contributed by atoms with Gasteiger partial charge in [-0.2, -0.15) is 0 Å². The highest BCUT2D eigenvalue weighted by molar-refractivity contribution is 8.01. The molecule has 0 heterocycles. The van der Waals surface area contributed by atoms with Crippen LogP contribution in [0.3, 0.4) is 0 Å². The summed E-state index contributed by atoms with van der Waals surface area (Å²) < 4.78 is 0. The minimum absolute atomic E-state index is 0.0561. The van der Waals surface area contributed by atoms with Crippen molar-refractivity contribution >= 4 is 29.4 Å². The van der Waals surface area contributed by atoms with Crippen LogP contribution >= 0.6 is 11.8 Å². The fourth-order valence-corrected chi connectivity index (χ4v) is 5.28. The number of rotatable bonds is 16. The molecule has 5 nitrogen and oxygen atoms in total. The molecule has 2 rings (SSSR count). The quantitative estimate of drug-likeness (QED) is 0.217. The highest BCUT2D eigenvalue weighted by Gasteiger charge is 2.20. The number of carbonyl (C=O) groups excluding carboxylic acids is 1. The first-order valence-corrected chi connectivity index (χ1v) is 14.8. The molecule has 2 aromatic rings. The third-order valence-corrected chi connectivity index (χ3v) is 7.71. The molecule has 0 fully saturated rings. The number of thioether (sulfide) groups is 1. The van der Waals surface area contributed by atoms with E-state index in [9.17, 15) is 14.7 Å². The lowest BCUT2D eigenvalue weighted by atomic mass is 10.0. The Bertz CT molecular complexity index is 942. The normalized spacial score (nSPS) is 12.1. The first-order valence-electron chi connectivity index (χ1n) is 13.8. The molecule has 37 heavy (non-hydrogen) atoms. The molecule has 0 saturated carbocycles. The topological polar surface area (TPSA) is 69.6 Å². The SMILES string of the molecule is CCCCCCCN(CCc1ccc(C[C@H](SC(C)C)C(=O)O)cc1)C(=O)Nc1ccc(C(C)C)cc1. The maximum atomic E-state index is 13.2. The van der Waals surface area contributed by atoms with E-state index in [1.807, 2.05) is 43.0 Å². The van der Waals surface area contributed by atoms with Crippen molar-refractivity contribution in [3.8, 4) is 0 Å². The number of benzene rings is 2. The second-order valence-electron chi connectivity index (χ2n) is 10.4. The van der Waals surface area contributed by atoms with Gasteiger partial charge in [-0.1, -0.05) is 96.7 Å². The van der Waals surface area contributed by atoms with E-state index in [2.05, 4.69) is 50.4 Å². The summed E-state index contributed by atoms with van der Waals surface area (Å²) in [5, 5.41) is 12.4. The van der Waals surface area contributed by atoms with E-state index >= 15 is 0 Å². The van der Waals surface area contributed by atoms with Crippen LogP contribution < -0.4 is 5.32 Å². The van der Waals surface area contributed by atoms with Crippen LogP contribution in [-0.2, 0) is 17.6 Å². The lowest BCUT2D eigenvalue weighted by Crippen LogP contribution is -2.37. The molecule has 0 radical (unpaired) electrons. The van der Waals surface area contributed by atoms with E-state index in [1.54, 1.807) is 0 Å². The molecule has 0 bridgehead atoms. The zero-order chi connectivity index (χ0) is 27.2. The minimum Gasteiger partial charge on any atom is -0.480 e. The van der Waals surface area contributed by atoms with Gasteiger partial charge >= 0.3 is 12.0 Å². The molecular weight excluding hydrogens is 480 g/mol. The third kappa shape index (κ3) is 11.6. The van der Waals surface area contributed by atoms with Gasteiger partial charge in [-0.05, 0) is 59.3 Å². The van der Waals surface area contributed by atoms with Gasteiger partial charge in [0.25, 0.3) is 0 Å². The van der Waals surface area contributed by atoms with Gasteiger partial charge in [0.05, 0.1) is 0 Å². The van der Waals surface area contributed by atoms with E-state index in [4.69, 9.17) is 0 Å². The van der Waals surface area contributed by atoms with Gasteiger partial charge in [0, 0.05) is 18.8 Å². The lowest BCUT2D eigenvalue weighted by Gasteiger charge is -2.23. The Morgan fingerprint density at radius 2 is 1.49 bits per heavy atom. The largest absolute Gasteiger partial charge is 0.480 e. The first kappa shape index (κ1) is 30.8. The number of urea groups is 1. The smallest absolute Gasteiger partial charge is 0.321 e. The lowest BCUT2D eigenvalue weighted by molar-refractivity contribution is -0.136. The van der Waals surface area contributed by atoms with E-state index in [1.165, 1.54) is 36.6 Å². The second-order valence-corrected chi connectivity index (χ2v) is 12.2. The zero-order valence-electron chi connectivity index (χ0n) is 23.3. The predicted octanol–water partition coefficient (Wildman–Crippen LogP) is 7.99. The van der Waals surface area contributed by atoms with Crippen LogP contribution in [-0.4, -0.2) is 45.6 Å². The summed E-state index contributed by atoms with van der Waals surface area (Å²) in [6.07, 6.45) is 7.06. The van der Waals surface area contributed by atoms with Crippen LogP contribution in [0.1, 0.15) is 89.3 Å². The molecule has 2 N–H and O–H groups in total. The number of hydrogen-bond acceptors (Lipinski definition) is 3. The summed E-state index contributed by atoms with van der Waals surface area (Å²) in [7, 11) is 0. The number of hydrogen-bond donors (Lipinski definition) is 2.